The minimum atomic E-state index is -0.147. The SMILES string of the molecule is CCCN(CC)C(=O)C(N)=CC1=N/C(c2ccc(OC)c(OC)c2)=C\C=C/CC1. The number of likely N-dealkylation sites (N-methyl/N-ethyl adjacent to an activating group) is 1. The van der Waals surface area contributed by atoms with Gasteiger partial charge in [0, 0.05) is 24.4 Å². The number of hydrogen-bond donors (Lipinski definition) is 1. The molecule has 0 saturated carbocycles. The van der Waals surface area contributed by atoms with E-state index in [4.69, 9.17) is 20.2 Å². The molecule has 1 aromatic carbocycles. The molecule has 1 aliphatic heterocycles. The highest BCUT2D eigenvalue weighted by atomic mass is 16.5. The molecule has 1 heterocycles. The van der Waals surface area contributed by atoms with Gasteiger partial charge in [-0.05, 0) is 56.5 Å². The van der Waals surface area contributed by atoms with Crippen LogP contribution in [0.4, 0.5) is 0 Å². The first-order valence-electron chi connectivity index (χ1n) is 9.97. The Bertz CT molecular complexity index is 838. The molecular formula is C23H31N3O3. The van der Waals surface area contributed by atoms with E-state index >= 15 is 0 Å². The lowest BCUT2D eigenvalue weighted by Gasteiger charge is -2.20. The summed E-state index contributed by atoms with van der Waals surface area (Å²) in [5.74, 6) is 1.15. The van der Waals surface area contributed by atoms with Crippen LogP contribution in [0, 0.1) is 0 Å². The average Bonchev–Trinajstić information content (AvgIpc) is 2.72. The predicted octanol–water partition coefficient (Wildman–Crippen LogP) is 3.94. The van der Waals surface area contributed by atoms with Crippen molar-refractivity contribution in [3.05, 3.63) is 53.8 Å². The van der Waals surface area contributed by atoms with Gasteiger partial charge in [-0.25, -0.2) is 0 Å². The Kier molecular flexibility index (Phi) is 8.52. The molecule has 1 amide bonds. The van der Waals surface area contributed by atoms with E-state index in [1.807, 2.05) is 44.2 Å². The van der Waals surface area contributed by atoms with Gasteiger partial charge in [0.25, 0.3) is 5.91 Å². The number of carbonyl (C=O) groups excluding carboxylic acids is 1. The fraction of sp³-hybridized carbons (Fsp3) is 0.391. The highest BCUT2D eigenvalue weighted by Gasteiger charge is 2.15. The summed E-state index contributed by atoms with van der Waals surface area (Å²) in [5.41, 5.74) is 8.78. The second-order valence-electron chi connectivity index (χ2n) is 6.68. The van der Waals surface area contributed by atoms with Gasteiger partial charge in [0.05, 0.1) is 25.6 Å². The first-order chi connectivity index (χ1) is 14.0. The third-order valence-electron chi connectivity index (χ3n) is 4.63. The Labute approximate surface area is 173 Å². The van der Waals surface area contributed by atoms with Crippen LogP contribution in [0.2, 0.25) is 0 Å². The smallest absolute Gasteiger partial charge is 0.269 e. The third kappa shape index (κ3) is 5.98. The van der Waals surface area contributed by atoms with Gasteiger partial charge in [0.2, 0.25) is 0 Å². The van der Waals surface area contributed by atoms with Crippen molar-refractivity contribution in [1.29, 1.82) is 0 Å². The minimum absolute atomic E-state index is 0.147. The lowest BCUT2D eigenvalue weighted by molar-refractivity contribution is -0.127. The Balaban J connectivity index is 2.37. The number of methoxy groups -OCH3 is 2. The van der Waals surface area contributed by atoms with E-state index in [0.29, 0.717) is 31.0 Å². The molecule has 1 aromatic rings. The van der Waals surface area contributed by atoms with Gasteiger partial charge >= 0.3 is 0 Å². The highest BCUT2D eigenvalue weighted by molar-refractivity contribution is 6.05. The largest absolute Gasteiger partial charge is 0.493 e. The van der Waals surface area contributed by atoms with E-state index < -0.39 is 0 Å². The van der Waals surface area contributed by atoms with Crippen LogP contribution in [-0.2, 0) is 4.79 Å². The zero-order valence-corrected chi connectivity index (χ0v) is 17.8. The number of nitrogens with zero attached hydrogens (tertiary/aromatic N) is 2. The maximum absolute atomic E-state index is 12.6. The molecule has 0 fully saturated rings. The van der Waals surface area contributed by atoms with Crippen molar-refractivity contribution in [3.63, 3.8) is 0 Å². The molecule has 0 aromatic heterocycles. The van der Waals surface area contributed by atoms with Crippen LogP contribution in [0.15, 0.2) is 53.2 Å². The molecule has 0 bridgehead atoms. The Morgan fingerprint density at radius 3 is 2.66 bits per heavy atom. The molecule has 1 aliphatic rings. The molecule has 0 atom stereocenters. The first-order valence-corrected chi connectivity index (χ1v) is 9.97. The summed E-state index contributed by atoms with van der Waals surface area (Å²) >= 11 is 0. The number of amides is 1. The van der Waals surface area contributed by atoms with Crippen LogP contribution in [0.1, 0.15) is 38.7 Å². The quantitative estimate of drug-likeness (QED) is 0.674. The molecule has 0 unspecified atom stereocenters. The maximum atomic E-state index is 12.6. The van der Waals surface area contributed by atoms with Crippen molar-refractivity contribution in [3.8, 4) is 11.5 Å². The van der Waals surface area contributed by atoms with E-state index in [9.17, 15) is 4.79 Å². The van der Waals surface area contributed by atoms with E-state index in [-0.39, 0.29) is 11.6 Å². The van der Waals surface area contributed by atoms with E-state index in [0.717, 1.165) is 29.8 Å². The second-order valence-corrected chi connectivity index (χ2v) is 6.68. The van der Waals surface area contributed by atoms with Crippen molar-refractivity contribution in [2.24, 2.45) is 10.7 Å². The lowest BCUT2D eigenvalue weighted by Crippen LogP contribution is -2.35. The number of carbonyl (C=O) groups is 1. The summed E-state index contributed by atoms with van der Waals surface area (Å²) in [5, 5.41) is 0. The fourth-order valence-corrected chi connectivity index (χ4v) is 3.09. The van der Waals surface area contributed by atoms with Gasteiger partial charge in [0.15, 0.2) is 11.5 Å². The van der Waals surface area contributed by atoms with Gasteiger partial charge in [-0.15, -0.1) is 0 Å². The number of allylic oxidation sites excluding steroid dienone is 4. The Morgan fingerprint density at radius 1 is 1.24 bits per heavy atom. The topological polar surface area (TPSA) is 77.2 Å². The predicted molar refractivity (Wildman–Crippen MR) is 118 cm³/mol. The van der Waals surface area contributed by atoms with Crippen LogP contribution in [0.3, 0.4) is 0 Å². The summed E-state index contributed by atoms with van der Waals surface area (Å²) in [6.07, 6.45) is 10.1. The Morgan fingerprint density at radius 2 is 2.00 bits per heavy atom. The second kappa shape index (κ2) is 11.1. The average molecular weight is 398 g/mol. The molecule has 6 nitrogen and oxygen atoms in total. The number of benzene rings is 1. The number of nitrogens with two attached hydrogens (primary N) is 1. The van der Waals surface area contributed by atoms with Gasteiger partial charge in [-0.2, -0.15) is 0 Å². The standard InChI is InChI=1S/C23H31N3O3/c1-5-14-26(6-2)23(27)19(24)16-18-10-8-7-9-11-20(25-18)17-12-13-21(28-3)22(15-17)29-4/h7,9,11-13,15-16H,5-6,8,10,14,24H2,1-4H3/b9-7-,19-16?,20-11-,25-18?. The molecular weight excluding hydrogens is 366 g/mol. The molecule has 2 rings (SSSR count). The monoisotopic (exact) mass is 397 g/mol. The normalized spacial score (nSPS) is 17.3. The van der Waals surface area contributed by atoms with Crippen LogP contribution in [-0.4, -0.2) is 43.8 Å². The minimum Gasteiger partial charge on any atom is -0.493 e. The van der Waals surface area contributed by atoms with Crippen molar-refractivity contribution in [2.45, 2.75) is 33.1 Å². The van der Waals surface area contributed by atoms with Crippen molar-refractivity contribution < 1.29 is 14.3 Å². The molecule has 0 radical (unpaired) electrons. The van der Waals surface area contributed by atoms with Gasteiger partial charge in [-0.3, -0.25) is 9.79 Å². The molecule has 156 valence electrons. The fourth-order valence-electron chi connectivity index (χ4n) is 3.09. The van der Waals surface area contributed by atoms with E-state index in [1.54, 1.807) is 25.2 Å². The zero-order valence-electron chi connectivity index (χ0n) is 17.8. The molecule has 6 heteroatoms. The molecule has 29 heavy (non-hydrogen) atoms. The number of hydrogen-bond acceptors (Lipinski definition) is 5. The molecule has 0 aliphatic carbocycles. The van der Waals surface area contributed by atoms with Gasteiger partial charge in [-0.1, -0.05) is 19.1 Å². The zero-order chi connectivity index (χ0) is 21.2. The first kappa shape index (κ1) is 22.3. The van der Waals surface area contributed by atoms with Crippen LogP contribution in [0.25, 0.3) is 5.70 Å². The van der Waals surface area contributed by atoms with Gasteiger partial charge < -0.3 is 20.1 Å². The highest BCUT2D eigenvalue weighted by Crippen LogP contribution is 2.31. The summed E-state index contributed by atoms with van der Waals surface area (Å²) < 4.78 is 10.7. The van der Waals surface area contributed by atoms with Gasteiger partial charge in [0.1, 0.15) is 0 Å². The summed E-state index contributed by atoms with van der Waals surface area (Å²) in [6.45, 7) is 5.32. The van der Waals surface area contributed by atoms with E-state index in [1.165, 1.54) is 0 Å². The van der Waals surface area contributed by atoms with Crippen molar-refractivity contribution >= 4 is 17.3 Å². The molecule has 2 N–H and O–H groups in total. The lowest BCUT2D eigenvalue weighted by atomic mass is 10.1. The summed E-state index contributed by atoms with van der Waals surface area (Å²) in [4.78, 5) is 19.2. The Hall–Kier alpha value is -3.02. The third-order valence-corrected chi connectivity index (χ3v) is 4.63. The van der Waals surface area contributed by atoms with Crippen molar-refractivity contribution in [1.82, 2.24) is 4.90 Å². The molecule has 0 saturated heterocycles. The summed E-state index contributed by atoms with van der Waals surface area (Å²) in [7, 11) is 3.21. The number of rotatable bonds is 8. The molecule has 0 spiro atoms. The van der Waals surface area contributed by atoms with Crippen LogP contribution < -0.4 is 15.2 Å². The van der Waals surface area contributed by atoms with Crippen molar-refractivity contribution in [2.75, 3.05) is 27.3 Å². The number of ether oxygens (including phenoxy) is 2. The van der Waals surface area contributed by atoms with Crippen LogP contribution >= 0.6 is 0 Å². The summed E-state index contributed by atoms with van der Waals surface area (Å²) in [6, 6.07) is 5.67. The number of aliphatic imine (C=N–C) groups is 1. The van der Waals surface area contributed by atoms with Crippen LogP contribution in [0.5, 0.6) is 11.5 Å². The van der Waals surface area contributed by atoms with E-state index in [2.05, 4.69) is 6.08 Å². The maximum Gasteiger partial charge on any atom is 0.269 e.